The molecule has 2 aliphatic heterocycles. The molecule has 3 amide bonds. The molecule has 1 saturated heterocycles. The van der Waals surface area contributed by atoms with E-state index in [4.69, 9.17) is 16.2 Å². The van der Waals surface area contributed by atoms with Gasteiger partial charge in [-0.15, -0.1) is 0 Å². The number of aromatic amines is 1. The molecule has 0 radical (unpaired) electrons. The third kappa shape index (κ3) is 7.36. The second-order valence-corrected chi connectivity index (χ2v) is 12.9. The fraction of sp³-hybridized carbons (Fsp3) is 0.458. The lowest BCUT2D eigenvalue weighted by Crippen LogP contribution is -2.53. The Morgan fingerprint density at radius 2 is 1.96 bits per heavy atom. The van der Waals surface area contributed by atoms with Crippen molar-refractivity contribution in [2.45, 2.75) is 44.2 Å². The van der Waals surface area contributed by atoms with E-state index in [-0.39, 0.29) is 41.9 Å². The Labute approximate surface area is 264 Å². The first kappa shape index (κ1) is 33.3. The number of nitrogen functional groups attached to an aromatic ring is 2. The summed E-state index contributed by atoms with van der Waals surface area (Å²) in [7, 11) is -4.85. The van der Waals surface area contributed by atoms with Gasteiger partial charge >= 0.3 is 7.60 Å². The number of ether oxygens (including phenoxy) is 1. The second kappa shape index (κ2) is 12.6. The molecule has 5 rings (SSSR count). The zero-order valence-electron chi connectivity index (χ0n) is 24.9. The van der Waals surface area contributed by atoms with Crippen LogP contribution in [0.4, 0.5) is 23.3 Å². The van der Waals surface area contributed by atoms with Crippen molar-refractivity contribution in [2.24, 2.45) is 4.99 Å². The highest BCUT2D eigenvalue weighted by atomic mass is 31.2. The number of H-pyrrole nitrogens is 1. The van der Waals surface area contributed by atoms with Crippen molar-refractivity contribution < 1.29 is 38.6 Å². The first-order valence-corrected chi connectivity index (χ1v) is 15.7. The Bertz CT molecular complexity index is 1870. The highest BCUT2D eigenvalue weighted by Crippen LogP contribution is 2.35. The molecule has 3 atom stereocenters. The molecule has 1 fully saturated rings. The molecule has 0 saturated carbocycles. The van der Waals surface area contributed by atoms with Crippen LogP contribution in [0.15, 0.2) is 22.4 Å². The van der Waals surface area contributed by atoms with Crippen LogP contribution in [-0.2, 0) is 23.7 Å². The van der Waals surface area contributed by atoms with E-state index in [2.05, 4.69) is 45.9 Å². The molecule has 0 aliphatic carbocycles. The van der Waals surface area contributed by atoms with Gasteiger partial charge in [-0.05, 0) is 13.8 Å². The number of aliphatic hydroxyl groups is 1. The predicted molar refractivity (Wildman–Crippen MR) is 163 cm³/mol. The minimum atomic E-state index is -4.85. The maximum Gasteiger partial charge on any atom is 0.344 e. The zero-order chi connectivity index (χ0) is 34.3. The van der Waals surface area contributed by atoms with Gasteiger partial charge in [0.25, 0.3) is 11.5 Å². The number of imidazole rings is 1. The van der Waals surface area contributed by atoms with Crippen molar-refractivity contribution in [3.05, 3.63) is 23.0 Å². The lowest BCUT2D eigenvalue weighted by molar-refractivity contribution is -0.135. The number of aliphatic imine (C=N–C) groups is 1. The van der Waals surface area contributed by atoms with Crippen LogP contribution < -0.4 is 33.0 Å². The van der Waals surface area contributed by atoms with Crippen LogP contribution >= 0.6 is 7.60 Å². The highest BCUT2D eigenvalue weighted by molar-refractivity contribution is 7.51. The van der Waals surface area contributed by atoms with Gasteiger partial charge in [-0.3, -0.25) is 33.3 Å². The van der Waals surface area contributed by atoms with E-state index < -0.39 is 74.2 Å². The molecule has 47 heavy (non-hydrogen) atoms. The van der Waals surface area contributed by atoms with E-state index in [0.29, 0.717) is 16.1 Å². The van der Waals surface area contributed by atoms with Crippen molar-refractivity contribution in [3.63, 3.8) is 0 Å². The number of hydrogen-bond donors (Lipinski definition) is 9. The number of nitrogens with zero attached hydrogens (tertiary/aromatic N) is 7. The van der Waals surface area contributed by atoms with E-state index in [1.54, 1.807) is 18.4 Å². The molecule has 252 valence electrons. The van der Waals surface area contributed by atoms with E-state index in [1.165, 1.54) is 12.7 Å². The molecular weight excluding hydrogens is 645 g/mol. The minimum Gasteiger partial charge on any atom is -0.390 e. The van der Waals surface area contributed by atoms with Crippen LogP contribution in [0.2, 0.25) is 0 Å². The van der Waals surface area contributed by atoms with E-state index in [9.17, 15) is 38.6 Å². The Hall–Kier alpha value is -5.02. The third-order valence-corrected chi connectivity index (χ3v) is 7.93. The van der Waals surface area contributed by atoms with Crippen LogP contribution in [0.5, 0.6) is 0 Å². The molecule has 0 spiro atoms. The van der Waals surface area contributed by atoms with E-state index in [0.717, 1.165) is 0 Å². The quantitative estimate of drug-likeness (QED) is 0.0959. The third-order valence-electron chi connectivity index (χ3n) is 7.22. The smallest absolute Gasteiger partial charge is 0.344 e. The second-order valence-electron chi connectivity index (χ2n) is 11.3. The molecule has 11 N–H and O–H groups in total. The Balaban J connectivity index is 1.19. The molecule has 3 aromatic heterocycles. The van der Waals surface area contributed by atoms with E-state index in [1.807, 2.05) is 0 Å². The number of aromatic nitrogens is 6. The summed E-state index contributed by atoms with van der Waals surface area (Å²) in [5.41, 5.74) is 9.83. The van der Waals surface area contributed by atoms with Crippen LogP contribution in [0.25, 0.3) is 11.2 Å². The van der Waals surface area contributed by atoms with Gasteiger partial charge in [0, 0.05) is 13.0 Å². The number of hydrogen-bond acceptors (Lipinski definition) is 15. The topological polar surface area (TPSA) is 331 Å². The molecule has 22 nitrogen and oxygen atoms in total. The van der Waals surface area contributed by atoms with Crippen LogP contribution in [0.1, 0.15) is 26.5 Å². The largest absolute Gasteiger partial charge is 0.390 e. The van der Waals surface area contributed by atoms with Crippen molar-refractivity contribution in [1.82, 2.24) is 45.0 Å². The van der Waals surface area contributed by atoms with Crippen LogP contribution in [0.3, 0.4) is 0 Å². The SMILES string of the molecule is CC1(C)Nc2nc(N)[nH]c(=O)c2N=C1C(=O)NCC(=O)N(CC(=O)NC[C@H]1O[C@@H](n2cnc3c(N)ncnc32)C[C@H]1O)CP(=O)(O)O. The van der Waals surface area contributed by atoms with Gasteiger partial charge in [-0.1, -0.05) is 0 Å². The van der Waals surface area contributed by atoms with E-state index >= 15 is 0 Å². The summed E-state index contributed by atoms with van der Waals surface area (Å²) in [5, 5.41) is 18.2. The summed E-state index contributed by atoms with van der Waals surface area (Å²) in [6.45, 7) is 1.35. The standard InChI is InChI=1S/C24H32N13O9P/c1-24(2)17(32-16-19(35-24)33-23(26)34-21(16)41)22(42)28-5-13(40)36(9-47(43,44)45)6-12(39)27-4-11-10(38)3-14(46-11)37-8-31-15-18(25)29-7-30-20(15)37/h7-8,10-11,14,38H,3-6,9H2,1-2H3,(H,27,39)(H,28,42)(H2,25,29,30)(H2,43,44,45)(H4,26,33,34,35,41)/t10-,11-,14-/m1/s1. The van der Waals surface area contributed by atoms with Gasteiger partial charge in [0.2, 0.25) is 17.8 Å². The molecule has 2 aliphatic rings. The molecule has 0 unspecified atom stereocenters. The number of anilines is 3. The van der Waals surface area contributed by atoms with Crippen molar-refractivity contribution >= 4 is 65.5 Å². The number of aliphatic hydroxyl groups excluding tert-OH is 1. The maximum absolute atomic E-state index is 13.0. The molecule has 3 aromatic rings. The fourth-order valence-corrected chi connectivity index (χ4v) is 5.70. The van der Waals surface area contributed by atoms with Gasteiger partial charge in [0.05, 0.1) is 24.5 Å². The van der Waals surface area contributed by atoms with Gasteiger partial charge in [0.1, 0.15) is 42.7 Å². The molecule has 0 bridgehead atoms. The summed E-state index contributed by atoms with van der Waals surface area (Å²) in [4.78, 5) is 93.2. The van der Waals surface area contributed by atoms with Gasteiger partial charge in [0.15, 0.2) is 23.0 Å². The van der Waals surface area contributed by atoms with Crippen molar-refractivity contribution in [1.29, 1.82) is 0 Å². The van der Waals surface area contributed by atoms with Gasteiger partial charge < -0.3 is 51.9 Å². The number of amides is 3. The molecule has 23 heteroatoms. The van der Waals surface area contributed by atoms with Crippen LogP contribution in [0, 0.1) is 0 Å². The fourth-order valence-electron chi connectivity index (χ4n) is 5.00. The lowest BCUT2D eigenvalue weighted by atomic mass is 9.95. The zero-order valence-corrected chi connectivity index (χ0v) is 25.8. The van der Waals surface area contributed by atoms with Gasteiger partial charge in [-0.2, -0.15) is 4.98 Å². The average molecular weight is 678 g/mol. The number of nitrogens with one attached hydrogen (secondary N) is 4. The Kier molecular flexibility index (Phi) is 8.97. The first-order chi connectivity index (χ1) is 22.0. The number of rotatable bonds is 10. The summed E-state index contributed by atoms with van der Waals surface area (Å²) >= 11 is 0. The highest BCUT2D eigenvalue weighted by Gasteiger charge is 2.38. The Morgan fingerprint density at radius 1 is 1.21 bits per heavy atom. The number of carbonyl (C=O) groups is 3. The summed E-state index contributed by atoms with van der Waals surface area (Å²) in [6.07, 6.45) is -0.906. The average Bonchev–Trinajstić information content (AvgIpc) is 3.56. The maximum atomic E-state index is 13.0. The normalized spacial score (nSPS) is 20.2. The summed E-state index contributed by atoms with van der Waals surface area (Å²) < 4.78 is 19.2. The monoisotopic (exact) mass is 677 g/mol. The summed E-state index contributed by atoms with van der Waals surface area (Å²) in [6, 6.07) is 0. The molecule has 5 heterocycles. The minimum absolute atomic E-state index is 0.0451. The lowest BCUT2D eigenvalue weighted by Gasteiger charge is -2.32. The number of nitrogens with two attached hydrogens (primary N) is 2. The van der Waals surface area contributed by atoms with Crippen LogP contribution in [-0.4, -0.2) is 116 Å². The predicted octanol–water partition coefficient (Wildman–Crippen LogP) is -3.10. The Morgan fingerprint density at radius 3 is 2.68 bits per heavy atom. The molecular formula is C24H32N13O9P. The summed E-state index contributed by atoms with van der Waals surface area (Å²) in [5.74, 6) is -2.66. The number of fused-ring (bicyclic) bond motifs is 2. The van der Waals surface area contributed by atoms with Crippen molar-refractivity contribution in [3.8, 4) is 0 Å². The first-order valence-electron chi connectivity index (χ1n) is 13.9. The molecule has 0 aromatic carbocycles. The number of carbonyl (C=O) groups excluding carboxylic acids is 3. The van der Waals surface area contributed by atoms with Crippen molar-refractivity contribution in [2.75, 3.05) is 42.7 Å². The van der Waals surface area contributed by atoms with Gasteiger partial charge in [-0.25, -0.2) is 19.9 Å².